The first-order valence-electron chi connectivity index (χ1n) is 9.62. The lowest BCUT2D eigenvalue weighted by molar-refractivity contribution is -0.275. The number of hydrogen-bond donors (Lipinski definition) is 0. The first-order chi connectivity index (χ1) is 14.5. The predicted octanol–water partition coefficient (Wildman–Crippen LogP) is 4.01. The van der Waals surface area contributed by atoms with Crippen molar-refractivity contribution in [3.63, 3.8) is 0 Å². The van der Waals surface area contributed by atoms with Crippen molar-refractivity contribution in [2.24, 2.45) is 5.92 Å². The van der Waals surface area contributed by atoms with E-state index >= 15 is 0 Å². The highest BCUT2D eigenvalue weighted by atomic mass is 32.2. The van der Waals surface area contributed by atoms with E-state index in [0.29, 0.717) is 19.4 Å². The molecule has 0 saturated carbocycles. The van der Waals surface area contributed by atoms with Gasteiger partial charge >= 0.3 is 6.36 Å². The summed E-state index contributed by atoms with van der Waals surface area (Å²) in [6, 6.07) is 8.93. The van der Waals surface area contributed by atoms with Gasteiger partial charge in [0.25, 0.3) is 10.0 Å². The van der Waals surface area contributed by atoms with Crippen LogP contribution in [0.3, 0.4) is 0 Å². The molecule has 1 amide bonds. The van der Waals surface area contributed by atoms with Crippen molar-refractivity contribution < 1.29 is 31.1 Å². The molecule has 0 radical (unpaired) electrons. The minimum absolute atomic E-state index is 0.0448. The van der Waals surface area contributed by atoms with Crippen LogP contribution in [0.15, 0.2) is 40.6 Å². The van der Waals surface area contributed by atoms with Crippen LogP contribution in [0.2, 0.25) is 0 Å². The molecule has 0 spiro atoms. The van der Waals surface area contributed by atoms with Gasteiger partial charge in [0.1, 0.15) is 9.96 Å². The summed E-state index contributed by atoms with van der Waals surface area (Å²) in [5.74, 6) is -1.25. The number of amides is 1. The van der Waals surface area contributed by atoms with Crippen LogP contribution < -0.4 is 4.74 Å². The molecule has 1 unspecified atom stereocenters. The summed E-state index contributed by atoms with van der Waals surface area (Å²) >= 11 is 1.18. The van der Waals surface area contributed by atoms with E-state index in [4.69, 9.17) is 0 Å². The van der Waals surface area contributed by atoms with Gasteiger partial charge in [0, 0.05) is 37.1 Å². The third-order valence-electron chi connectivity index (χ3n) is 5.03. The molecule has 0 aliphatic carbocycles. The van der Waals surface area contributed by atoms with Crippen LogP contribution in [0.1, 0.15) is 23.3 Å². The van der Waals surface area contributed by atoms with Gasteiger partial charge in [-0.25, -0.2) is 8.42 Å². The van der Waals surface area contributed by atoms with Gasteiger partial charge in [-0.1, -0.05) is 18.2 Å². The molecule has 6 nitrogen and oxygen atoms in total. The Labute approximate surface area is 183 Å². The predicted molar refractivity (Wildman–Crippen MR) is 110 cm³/mol. The number of nitrogens with zero attached hydrogens (tertiary/aromatic N) is 2. The molecule has 1 aliphatic heterocycles. The van der Waals surface area contributed by atoms with Crippen molar-refractivity contribution in [2.45, 2.75) is 36.9 Å². The summed E-state index contributed by atoms with van der Waals surface area (Å²) in [5.41, 5.74) is 0.213. The smallest absolute Gasteiger partial charge is 0.405 e. The van der Waals surface area contributed by atoms with Gasteiger partial charge in [-0.2, -0.15) is 4.31 Å². The fourth-order valence-electron chi connectivity index (χ4n) is 3.54. The van der Waals surface area contributed by atoms with Crippen LogP contribution in [-0.2, 0) is 21.4 Å². The van der Waals surface area contributed by atoms with Gasteiger partial charge in [-0.3, -0.25) is 4.79 Å². The maximum absolute atomic E-state index is 13.0. The van der Waals surface area contributed by atoms with E-state index in [9.17, 15) is 26.4 Å². The SMILES string of the molecule is Cc1ccc(S(=O)(=O)N2CCCC(C(=O)N(C)Cc3ccccc3OC(F)(F)F)C2)s1. The number of carbonyl (C=O) groups excluding carboxylic acids is 1. The first-order valence-corrected chi connectivity index (χ1v) is 11.9. The Balaban J connectivity index is 1.70. The van der Waals surface area contributed by atoms with Gasteiger partial charge in [0.05, 0.1) is 5.92 Å². The number of alkyl halides is 3. The molecule has 0 N–H and O–H groups in total. The summed E-state index contributed by atoms with van der Waals surface area (Å²) in [4.78, 5) is 15.1. The molecule has 1 saturated heterocycles. The minimum atomic E-state index is -4.84. The molecule has 1 atom stereocenters. The maximum atomic E-state index is 13.0. The Kier molecular flexibility index (Phi) is 6.97. The van der Waals surface area contributed by atoms with Gasteiger partial charge in [0.2, 0.25) is 5.91 Å². The number of halogens is 3. The molecule has 31 heavy (non-hydrogen) atoms. The summed E-state index contributed by atoms with van der Waals surface area (Å²) in [5, 5.41) is 0. The van der Waals surface area contributed by atoms with E-state index in [2.05, 4.69) is 4.74 Å². The highest BCUT2D eigenvalue weighted by Crippen LogP contribution is 2.30. The van der Waals surface area contributed by atoms with E-state index in [-0.39, 0.29) is 34.5 Å². The van der Waals surface area contributed by atoms with Crippen LogP contribution in [0.25, 0.3) is 0 Å². The Hall–Kier alpha value is -2.11. The zero-order valence-electron chi connectivity index (χ0n) is 17.1. The van der Waals surface area contributed by atoms with Crippen LogP contribution in [0.5, 0.6) is 5.75 Å². The summed E-state index contributed by atoms with van der Waals surface area (Å²) in [7, 11) is -2.19. The number of piperidine rings is 1. The lowest BCUT2D eigenvalue weighted by Crippen LogP contribution is -2.45. The fraction of sp³-hybridized carbons (Fsp3) is 0.450. The number of aryl methyl sites for hydroxylation is 1. The second kappa shape index (κ2) is 9.17. The monoisotopic (exact) mass is 476 g/mol. The van der Waals surface area contributed by atoms with Crippen LogP contribution in [-0.4, -0.2) is 50.0 Å². The van der Waals surface area contributed by atoms with E-state index in [1.54, 1.807) is 18.2 Å². The van der Waals surface area contributed by atoms with E-state index in [0.717, 1.165) is 4.88 Å². The molecular weight excluding hydrogens is 453 g/mol. The average molecular weight is 477 g/mol. The van der Waals surface area contributed by atoms with Crippen molar-refractivity contribution in [2.75, 3.05) is 20.1 Å². The molecule has 1 fully saturated rings. The third-order valence-corrected chi connectivity index (χ3v) is 8.36. The van der Waals surface area contributed by atoms with Crippen molar-refractivity contribution in [3.8, 4) is 5.75 Å². The Morgan fingerprint density at radius 3 is 2.61 bits per heavy atom. The lowest BCUT2D eigenvalue weighted by Gasteiger charge is -2.33. The fourth-order valence-corrected chi connectivity index (χ4v) is 6.51. The number of ether oxygens (including phenoxy) is 1. The number of carbonyl (C=O) groups is 1. The molecule has 170 valence electrons. The Morgan fingerprint density at radius 1 is 1.26 bits per heavy atom. The van der Waals surface area contributed by atoms with Gasteiger partial charge in [0.15, 0.2) is 0 Å². The molecular formula is C20H23F3N2O4S2. The standard InChI is InChI=1S/C20H23F3N2O4S2/c1-14-9-10-18(30-14)31(27,28)25-11-5-7-16(13-25)19(26)24(2)12-15-6-3-4-8-17(15)29-20(21,22)23/h3-4,6,8-10,16H,5,7,11-13H2,1-2H3. The van der Waals surface area contributed by atoms with Crippen molar-refractivity contribution in [3.05, 3.63) is 46.8 Å². The highest BCUT2D eigenvalue weighted by molar-refractivity contribution is 7.91. The zero-order valence-corrected chi connectivity index (χ0v) is 18.7. The molecule has 11 heteroatoms. The number of para-hydroxylation sites is 1. The van der Waals surface area contributed by atoms with E-state index in [1.807, 2.05) is 6.92 Å². The number of thiophene rings is 1. The Bertz CT molecular complexity index is 1040. The van der Waals surface area contributed by atoms with Gasteiger partial charge in [-0.05, 0) is 38.0 Å². The van der Waals surface area contributed by atoms with Gasteiger partial charge in [-0.15, -0.1) is 24.5 Å². The Morgan fingerprint density at radius 2 is 1.97 bits per heavy atom. The second-order valence-electron chi connectivity index (χ2n) is 7.42. The quantitative estimate of drug-likeness (QED) is 0.632. The number of hydrogen-bond acceptors (Lipinski definition) is 5. The van der Waals surface area contributed by atoms with Crippen LogP contribution in [0, 0.1) is 12.8 Å². The summed E-state index contributed by atoms with van der Waals surface area (Å²) < 4.78 is 69.3. The molecule has 1 aromatic carbocycles. The van der Waals surface area contributed by atoms with E-state index in [1.165, 1.54) is 45.8 Å². The van der Waals surface area contributed by atoms with Crippen molar-refractivity contribution >= 4 is 27.3 Å². The lowest BCUT2D eigenvalue weighted by atomic mass is 9.98. The van der Waals surface area contributed by atoms with Gasteiger partial charge < -0.3 is 9.64 Å². The number of sulfonamides is 1. The number of rotatable bonds is 6. The second-order valence-corrected chi connectivity index (χ2v) is 10.9. The van der Waals surface area contributed by atoms with E-state index < -0.39 is 22.3 Å². The largest absolute Gasteiger partial charge is 0.573 e. The molecule has 1 aliphatic rings. The summed E-state index contributed by atoms with van der Waals surface area (Å²) in [6.07, 6.45) is -3.79. The maximum Gasteiger partial charge on any atom is 0.573 e. The molecule has 2 heterocycles. The topological polar surface area (TPSA) is 66.9 Å². The molecule has 3 rings (SSSR count). The third kappa shape index (κ3) is 5.78. The molecule has 2 aromatic rings. The summed E-state index contributed by atoms with van der Waals surface area (Å²) in [6.45, 7) is 2.11. The molecule has 1 aromatic heterocycles. The van der Waals surface area contributed by atoms with Crippen molar-refractivity contribution in [1.82, 2.24) is 9.21 Å². The van der Waals surface area contributed by atoms with Crippen LogP contribution in [0.4, 0.5) is 13.2 Å². The normalized spacial score (nSPS) is 18.0. The first kappa shape index (κ1) is 23.6. The highest BCUT2D eigenvalue weighted by Gasteiger charge is 2.36. The average Bonchev–Trinajstić information content (AvgIpc) is 3.15. The zero-order chi connectivity index (χ0) is 22.8. The molecule has 0 bridgehead atoms. The number of benzene rings is 1. The van der Waals surface area contributed by atoms with Crippen LogP contribution >= 0.6 is 11.3 Å². The van der Waals surface area contributed by atoms with Crippen molar-refractivity contribution in [1.29, 1.82) is 0 Å². The minimum Gasteiger partial charge on any atom is -0.405 e.